The van der Waals surface area contributed by atoms with Crippen LogP contribution >= 0.6 is 11.3 Å². The van der Waals surface area contributed by atoms with Crippen molar-refractivity contribution in [1.82, 2.24) is 4.98 Å². The average Bonchev–Trinajstić information content (AvgIpc) is 3.11. The number of hydrogen-bond acceptors (Lipinski definition) is 4. The van der Waals surface area contributed by atoms with Crippen molar-refractivity contribution < 1.29 is 0 Å². The fourth-order valence-electron chi connectivity index (χ4n) is 2.35. The highest BCUT2D eigenvalue weighted by atomic mass is 32.1. The third-order valence-corrected chi connectivity index (χ3v) is 4.42. The predicted molar refractivity (Wildman–Crippen MR) is 82.0 cm³/mol. The molecule has 3 rings (SSSR count). The molecule has 1 aliphatic carbocycles. The lowest BCUT2D eigenvalue weighted by atomic mass is 10.1. The van der Waals surface area contributed by atoms with Crippen LogP contribution in [0.3, 0.4) is 0 Å². The molecule has 19 heavy (non-hydrogen) atoms. The van der Waals surface area contributed by atoms with Gasteiger partial charge >= 0.3 is 0 Å². The Bertz CT molecular complexity index is 532. The SMILES string of the molecule is CN(C)c1ncccc1NC(c1cccs1)C1CC1. The summed E-state index contributed by atoms with van der Waals surface area (Å²) in [5.41, 5.74) is 1.12. The van der Waals surface area contributed by atoms with Gasteiger partial charge in [-0.3, -0.25) is 0 Å². The highest BCUT2D eigenvalue weighted by Crippen LogP contribution is 2.44. The summed E-state index contributed by atoms with van der Waals surface area (Å²) in [5.74, 6) is 1.78. The van der Waals surface area contributed by atoms with Gasteiger partial charge in [0.05, 0.1) is 11.7 Å². The predicted octanol–water partition coefficient (Wildman–Crippen LogP) is 3.77. The molecule has 2 aromatic heterocycles. The van der Waals surface area contributed by atoms with Crippen LogP contribution in [0.1, 0.15) is 23.8 Å². The Morgan fingerprint density at radius 1 is 1.32 bits per heavy atom. The molecule has 0 saturated heterocycles. The van der Waals surface area contributed by atoms with Crippen molar-refractivity contribution in [2.45, 2.75) is 18.9 Å². The first-order valence-corrected chi connectivity index (χ1v) is 7.56. The minimum absolute atomic E-state index is 0.433. The van der Waals surface area contributed by atoms with E-state index in [1.807, 2.05) is 37.7 Å². The molecule has 100 valence electrons. The van der Waals surface area contributed by atoms with E-state index in [4.69, 9.17) is 0 Å². The number of thiophene rings is 1. The molecule has 0 bridgehead atoms. The van der Waals surface area contributed by atoms with Crippen molar-refractivity contribution in [2.24, 2.45) is 5.92 Å². The van der Waals surface area contributed by atoms with Gasteiger partial charge in [-0.2, -0.15) is 0 Å². The summed E-state index contributed by atoms with van der Waals surface area (Å²) in [6.45, 7) is 0. The molecule has 1 aliphatic rings. The second kappa shape index (κ2) is 5.21. The van der Waals surface area contributed by atoms with Gasteiger partial charge in [0.2, 0.25) is 0 Å². The normalized spacial score (nSPS) is 16.1. The fraction of sp³-hybridized carbons (Fsp3) is 0.400. The van der Waals surface area contributed by atoms with Gasteiger partial charge in [0.15, 0.2) is 5.82 Å². The Morgan fingerprint density at radius 3 is 2.79 bits per heavy atom. The third kappa shape index (κ3) is 2.73. The molecule has 1 N–H and O–H groups in total. The van der Waals surface area contributed by atoms with Crippen LogP contribution in [0.4, 0.5) is 11.5 Å². The van der Waals surface area contributed by atoms with Gasteiger partial charge in [-0.1, -0.05) is 6.07 Å². The Kier molecular flexibility index (Phi) is 3.42. The quantitative estimate of drug-likeness (QED) is 0.898. The van der Waals surface area contributed by atoms with Crippen LogP contribution in [0.15, 0.2) is 35.8 Å². The lowest BCUT2D eigenvalue weighted by Crippen LogP contribution is -2.17. The van der Waals surface area contributed by atoms with Crippen LogP contribution in [-0.2, 0) is 0 Å². The smallest absolute Gasteiger partial charge is 0.151 e. The zero-order valence-electron chi connectivity index (χ0n) is 11.3. The van der Waals surface area contributed by atoms with E-state index < -0.39 is 0 Å². The second-order valence-electron chi connectivity index (χ2n) is 5.24. The van der Waals surface area contributed by atoms with Crippen LogP contribution in [0.2, 0.25) is 0 Å². The molecule has 3 nitrogen and oxygen atoms in total. The fourth-order valence-corrected chi connectivity index (χ4v) is 3.22. The summed E-state index contributed by atoms with van der Waals surface area (Å²) in [6, 6.07) is 8.90. The van der Waals surface area contributed by atoms with E-state index in [2.05, 4.69) is 38.8 Å². The Morgan fingerprint density at radius 2 is 2.16 bits per heavy atom. The molecular weight excluding hydrogens is 254 g/mol. The zero-order valence-corrected chi connectivity index (χ0v) is 12.2. The summed E-state index contributed by atoms with van der Waals surface area (Å²) in [5, 5.41) is 5.85. The summed E-state index contributed by atoms with van der Waals surface area (Å²) < 4.78 is 0. The third-order valence-electron chi connectivity index (χ3n) is 3.46. The molecule has 1 fully saturated rings. The number of rotatable bonds is 5. The van der Waals surface area contributed by atoms with Crippen molar-refractivity contribution in [2.75, 3.05) is 24.3 Å². The van der Waals surface area contributed by atoms with Gasteiger partial charge < -0.3 is 10.2 Å². The van der Waals surface area contributed by atoms with Crippen LogP contribution in [0, 0.1) is 5.92 Å². The Hall–Kier alpha value is -1.55. The maximum absolute atomic E-state index is 4.46. The van der Waals surface area contributed by atoms with E-state index in [9.17, 15) is 0 Å². The van der Waals surface area contributed by atoms with Gasteiger partial charge in [-0.15, -0.1) is 11.3 Å². The number of anilines is 2. The first-order chi connectivity index (χ1) is 9.25. The van der Waals surface area contributed by atoms with E-state index >= 15 is 0 Å². The molecule has 0 amide bonds. The first-order valence-electron chi connectivity index (χ1n) is 6.68. The highest BCUT2D eigenvalue weighted by molar-refractivity contribution is 7.10. The standard InChI is InChI=1S/C15H19N3S/c1-18(2)15-12(5-3-9-16-15)17-14(11-7-8-11)13-6-4-10-19-13/h3-6,9-11,14,17H,7-8H2,1-2H3. The minimum atomic E-state index is 0.433. The molecule has 1 unspecified atom stereocenters. The van der Waals surface area contributed by atoms with E-state index in [0.717, 1.165) is 17.4 Å². The number of hydrogen-bond donors (Lipinski definition) is 1. The van der Waals surface area contributed by atoms with E-state index in [1.54, 1.807) is 0 Å². The topological polar surface area (TPSA) is 28.2 Å². The van der Waals surface area contributed by atoms with Crippen molar-refractivity contribution >= 4 is 22.8 Å². The molecule has 4 heteroatoms. The maximum atomic E-state index is 4.46. The Labute approximate surface area is 118 Å². The van der Waals surface area contributed by atoms with Crippen molar-refractivity contribution in [1.29, 1.82) is 0 Å². The van der Waals surface area contributed by atoms with Gasteiger partial charge in [-0.25, -0.2) is 4.98 Å². The summed E-state index contributed by atoms with van der Waals surface area (Å²) >= 11 is 1.84. The van der Waals surface area contributed by atoms with E-state index in [0.29, 0.717) is 6.04 Å². The number of nitrogens with one attached hydrogen (secondary N) is 1. The monoisotopic (exact) mass is 273 g/mol. The number of nitrogens with zero attached hydrogens (tertiary/aromatic N) is 2. The molecule has 2 heterocycles. The van der Waals surface area contributed by atoms with Crippen LogP contribution in [0.5, 0.6) is 0 Å². The molecule has 1 saturated carbocycles. The average molecular weight is 273 g/mol. The molecular formula is C15H19N3S. The van der Waals surface area contributed by atoms with Crippen molar-refractivity contribution in [3.05, 3.63) is 40.7 Å². The lowest BCUT2D eigenvalue weighted by molar-refractivity contribution is 0.690. The van der Waals surface area contributed by atoms with E-state index in [1.165, 1.54) is 17.7 Å². The van der Waals surface area contributed by atoms with Gasteiger partial charge in [0.1, 0.15) is 0 Å². The summed E-state index contributed by atoms with van der Waals surface area (Å²) in [4.78, 5) is 7.94. The van der Waals surface area contributed by atoms with Crippen LogP contribution in [-0.4, -0.2) is 19.1 Å². The van der Waals surface area contributed by atoms with Gasteiger partial charge in [0, 0.05) is 25.2 Å². The molecule has 0 spiro atoms. The largest absolute Gasteiger partial charge is 0.374 e. The molecule has 1 atom stereocenters. The first kappa shape index (κ1) is 12.5. The zero-order chi connectivity index (χ0) is 13.2. The maximum Gasteiger partial charge on any atom is 0.151 e. The van der Waals surface area contributed by atoms with Crippen LogP contribution in [0.25, 0.3) is 0 Å². The number of pyridine rings is 1. The molecule has 0 radical (unpaired) electrons. The lowest BCUT2D eigenvalue weighted by Gasteiger charge is -2.22. The Balaban J connectivity index is 1.86. The van der Waals surface area contributed by atoms with Gasteiger partial charge in [0.25, 0.3) is 0 Å². The van der Waals surface area contributed by atoms with Crippen molar-refractivity contribution in [3.8, 4) is 0 Å². The molecule has 0 aromatic carbocycles. The number of aromatic nitrogens is 1. The molecule has 0 aliphatic heterocycles. The van der Waals surface area contributed by atoms with E-state index in [-0.39, 0.29) is 0 Å². The van der Waals surface area contributed by atoms with Crippen molar-refractivity contribution in [3.63, 3.8) is 0 Å². The van der Waals surface area contributed by atoms with Gasteiger partial charge in [-0.05, 0) is 42.3 Å². The summed E-state index contributed by atoms with van der Waals surface area (Å²) in [6.07, 6.45) is 4.50. The summed E-state index contributed by atoms with van der Waals surface area (Å²) in [7, 11) is 4.07. The molecule has 2 aromatic rings. The highest BCUT2D eigenvalue weighted by Gasteiger charge is 2.33. The van der Waals surface area contributed by atoms with Crippen LogP contribution < -0.4 is 10.2 Å². The minimum Gasteiger partial charge on any atom is -0.374 e. The second-order valence-corrected chi connectivity index (χ2v) is 6.22.